The molecule has 0 saturated carbocycles. The van der Waals surface area contributed by atoms with Crippen LogP contribution in [0, 0.1) is 13.8 Å². The highest BCUT2D eigenvalue weighted by atomic mass is 16.5. The van der Waals surface area contributed by atoms with Gasteiger partial charge in [-0.3, -0.25) is 9.59 Å². The predicted octanol–water partition coefficient (Wildman–Crippen LogP) is 3.47. The minimum atomic E-state index is -0.496. The number of para-hydroxylation sites is 1. The van der Waals surface area contributed by atoms with Crippen molar-refractivity contribution >= 4 is 11.8 Å². The summed E-state index contributed by atoms with van der Waals surface area (Å²) in [7, 11) is 2.98. The molecule has 0 aliphatic heterocycles. The number of aryl methyl sites for hydroxylation is 1. The quantitative estimate of drug-likeness (QED) is 0.419. The van der Waals surface area contributed by atoms with Crippen molar-refractivity contribution in [3.05, 3.63) is 71.0 Å². The average Bonchev–Trinajstić information content (AvgIpc) is 3.05. The number of methoxy groups -OCH3 is 2. The molecule has 1 heterocycles. The van der Waals surface area contributed by atoms with Crippen molar-refractivity contribution in [3.8, 4) is 17.2 Å². The first kappa shape index (κ1) is 21.1. The molecule has 2 aromatic carbocycles. The molecule has 3 rings (SSSR count). The van der Waals surface area contributed by atoms with Crippen LogP contribution in [0.25, 0.3) is 5.69 Å². The monoisotopic (exact) mass is 408 g/mol. The lowest BCUT2D eigenvalue weighted by atomic mass is 10.1. The minimum absolute atomic E-state index is 0.0347. The molecular weight excluding hydrogens is 384 g/mol. The van der Waals surface area contributed by atoms with E-state index in [1.807, 2.05) is 44.2 Å². The van der Waals surface area contributed by atoms with Gasteiger partial charge in [0.25, 0.3) is 0 Å². The van der Waals surface area contributed by atoms with E-state index in [4.69, 9.17) is 14.2 Å². The summed E-state index contributed by atoms with van der Waals surface area (Å²) in [6.45, 7) is 3.37. The fourth-order valence-electron chi connectivity index (χ4n) is 3.20. The van der Waals surface area contributed by atoms with E-state index in [1.165, 1.54) is 14.2 Å². The fraction of sp³-hybridized carbons (Fsp3) is 0.261. The van der Waals surface area contributed by atoms with Gasteiger partial charge in [0.2, 0.25) is 5.78 Å². The van der Waals surface area contributed by atoms with Crippen molar-refractivity contribution in [2.24, 2.45) is 0 Å². The maximum atomic E-state index is 12.5. The summed E-state index contributed by atoms with van der Waals surface area (Å²) in [6.07, 6.45) is 0.0347. The normalized spacial score (nSPS) is 10.5. The van der Waals surface area contributed by atoms with Crippen LogP contribution in [0.15, 0.2) is 48.5 Å². The highest BCUT2D eigenvalue weighted by Gasteiger charge is 2.19. The average molecular weight is 408 g/mol. The van der Waals surface area contributed by atoms with Crippen molar-refractivity contribution in [3.63, 3.8) is 0 Å². The van der Waals surface area contributed by atoms with Crippen molar-refractivity contribution in [2.45, 2.75) is 20.3 Å². The van der Waals surface area contributed by atoms with Crippen LogP contribution in [0.5, 0.6) is 11.5 Å². The Hall–Kier alpha value is -3.61. The van der Waals surface area contributed by atoms with E-state index in [0.29, 0.717) is 17.1 Å². The van der Waals surface area contributed by atoms with Gasteiger partial charge in [0.05, 0.1) is 37.6 Å². The largest absolute Gasteiger partial charge is 0.497 e. The Morgan fingerprint density at radius 1 is 1.00 bits per heavy atom. The van der Waals surface area contributed by atoms with E-state index in [2.05, 4.69) is 5.10 Å². The SMILES string of the molecule is COc1ccc(OC)c(C(=O)COC(=O)Cc2c(C)nn(-c3ccccc3)c2C)c1. The number of hydrogen-bond donors (Lipinski definition) is 0. The lowest BCUT2D eigenvalue weighted by molar-refractivity contribution is -0.141. The number of rotatable bonds is 8. The van der Waals surface area contributed by atoms with Gasteiger partial charge in [-0.2, -0.15) is 5.10 Å². The number of ketones is 1. The second-order valence-corrected chi connectivity index (χ2v) is 6.72. The zero-order valence-electron chi connectivity index (χ0n) is 17.5. The number of benzene rings is 2. The number of hydrogen-bond acceptors (Lipinski definition) is 6. The third-order valence-electron chi connectivity index (χ3n) is 4.83. The molecule has 0 saturated heterocycles. The van der Waals surface area contributed by atoms with Crippen molar-refractivity contribution < 1.29 is 23.8 Å². The zero-order valence-corrected chi connectivity index (χ0v) is 17.5. The van der Waals surface area contributed by atoms with Gasteiger partial charge in [-0.15, -0.1) is 0 Å². The molecule has 0 atom stereocenters. The van der Waals surface area contributed by atoms with Crippen molar-refractivity contribution in [1.29, 1.82) is 0 Å². The number of esters is 1. The standard InChI is InChI=1S/C23H24N2O5/c1-15-19(16(2)25(24-15)17-8-6-5-7-9-17)13-23(27)30-14-21(26)20-12-18(28-3)10-11-22(20)29-4/h5-12H,13-14H2,1-4H3. The Kier molecular flexibility index (Phi) is 6.51. The lowest BCUT2D eigenvalue weighted by Crippen LogP contribution is -2.17. The van der Waals surface area contributed by atoms with Gasteiger partial charge >= 0.3 is 5.97 Å². The second-order valence-electron chi connectivity index (χ2n) is 6.72. The molecule has 1 aromatic heterocycles. The molecule has 0 spiro atoms. The van der Waals surface area contributed by atoms with Crippen molar-refractivity contribution in [1.82, 2.24) is 9.78 Å². The third-order valence-corrected chi connectivity index (χ3v) is 4.83. The Bertz CT molecular complexity index is 1060. The molecule has 7 nitrogen and oxygen atoms in total. The first-order valence-corrected chi connectivity index (χ1v) is 9.46. The Morgan fingerprint density at radius 2 is 1.73 bits per heavy atom. The molecular formula is C23H24N2O5. The first-order chi connectivity index (χ1) is 14.4. The van der Waals surface area contributed by atoms with Crippen LogP contribution in [-0.2, 0) is 16.0 Å². The number of aromatic nitrogens is 2. The van der Waals surface area contributed by atoms with E-state index >= 15 is 0 Å². The van der Waals surface area contributed by atoms with Gasteiger partial charge in [0.1, 0.15) is 11.5 Å². The highest BCUT2D eigenvalue weighted by Crippen LogP contribution is 2.24. The van der Waals surface area contributed by atoms with E-state index < -0.39 is 5.97 Å². The summed E-state index contributed by atoms with van der Waals surface area (Å²) in [6, 6.07) is 14.6. The van der Waals surface area contributed by atoms with E-state index in [0.717, 1.165) is 22.6 Å². The van der Waals surface area contributed by atoms with Crippen LogP contribution in [-0.4, -0.2) is 42.4 Å². The lowest BCUT2D eigenvalue weighted by Gasteiger charge is -2.10. The summed E-state index contributed by atoms with van der Waals surface area (Å²) >= 11 is 0. The first-order valence-electron chi connectivity index (χ1n) is 9.46. The molecule has 0 fully saturated rings. The fourth-order valence-corrected chi connectivity index (χ4v) is 3.20. The Labute approximate surface area is 175 Å². The molecule has 0 radical (unpaired) electrons. The number of nitrogens with zero attached hydrogens (tertiary/aromatic N) is 2. The number of Topliss-reactive ketones (excluding diaryl/α,β-unsaturated/α-hetero) is 1. The highest BCUT2D eigenvalue weighted by molar-refractivity contribution is 6.00. The zero-order chi connectivity index (χ0) is 21.7. The van der Waals surface area contributed by atoms with Gasteiger partial charge in [-0.1, -0.05) is 18.2 Å². The minimum Gasteiger partial charge on any atom is -0.497 e. The van der Waals surface area contributed by atoms with Crippen LogP contribution in [0.2, 0.25) is 0 Å². The van der Waals surface area contributed by atoms with Crippen LogP contribution >= 0.6 is 0 Å². The summed E-state index contributed by atoms with van der Waals surface area (Å²) in [5, 5.41) is 4.53. The Balaban J connectivity index is 1.69. The maximum absolute atomic E-state index is 12.5. The Morgan fingerprint density at radius 3 is 2.40 bits per heavy atom. The summed E-state index contributed by atoms with van der Waals surface area (Å²) in [5.74, 6) is 0.0503. The predicted molar refractivity (Wildman–Crippen MR) is 112 cm³/mol. The smallest absolute Gasteiger partial charge is 0.310 e. The summed E-state index contributed by atoms with van der Waals surface area (Å²) < 4.78 is 17.4. The van der Waals surface area contributed by atoms with Crippen LogP contribution < -0.4 is 9.47 Å². The van der Waals surface area contributed by atoms with Crippen LogP contribution in [0.3, 0.4) is 0 Å². The third kappa shape index (κ3) is 4.51. The van der Waals surface area contributed by atoms with Gasteiger partial charge in [0.15, 0.2) is 6.61 Å². The van der Waals surface area contributed by atoms with Crippen LogP contribution in [0.4, 0.5) is 0 Å². The van der Waals surface area contributed by atoms with Gasteiger partial charge < -0.3 is 14.2 Å². The van der Waals surface area contributed by atoms with E-state index in [9.17, 15) is 9.59 Å². The van der Waals surface area contributed by atoms with E-state index in [1.54, 1.807) is 22.9 Å². The van der Waals surface area contributed by atoms with Gasteiger partial charge in [-0.05, 0) is 44.2 Å². The molecule has 156 valence electrons. The summed E-state index contributed by atoms with van der Waals surface area (Å²) in [5.41, 5.74) is 3.60. The number of ether oxygens (including phenoxy) is 3. The van der Waals surface area contributed by atoms with Crippen LogP contribution in [0.1, 0.15) is 27.3 Å². The van der Waals surface area contributed by atoms with Crippen molar-refractivity contribution in [2.75, 3.05) is 20.8 Å². The topological polar surface area (TPSA) is 79.7 Å². The van der Waals surface area contributed by atoms with Gasteiger partial charge in [-0.25, -0.2) is 4.68 Å². The molecule has 0 amide bonds. The van der Waals surface area contributed by atoms with Gasteiger partial charge in [0, 0.05) is 11.3 Å². The molecule has 0 unspecified atom stereocenters. The molecule has 3 aromatic rings. The second kappa shape index (κ2) is 9.26. The maximum Gasteiger partial charge on any atom is 0.310 e. The molecule has 0 aliphatic carbocycles. The molecule has 0 N–H and O–H groups in total. The molecule has 0 bridgehead atoms. The number of carbonyl (C=O) groups excluding carboxylic acids is 2. The molecule has 0 aliphatic rings. The molecule has 7 heteroatoms. The summed E-state index contributed by atoms with van der Waals surface area (Å²) in [4.78, 5) is 25.0. The van der Waals surface area contributed by atoms with E-state index in [-0.39, 0.29) is 18.8 Å². The number of carbonyl (C=O) groups is 2. The molecule has 30 heavy (non-hydrogen) atoms.